The number of rotatable bonds is 14. The molecule has 0 bridgehead atoms. The van der Waals surface area contributed by atoms with Gasteiger partial charge in [0, 0.05) is 18.6 Å². The second kappa shape index (κ2) is 16.9. The minimum absolute atomic E-state index is 0.0637. The van der Waals surface area contributed by atoms with E-state index < -0.39 is 77.7 Å². The first-order chi connectivity index (χ1) is 23.8. The van der Waals surface area contributed by atoms with Crippen LogP contribution in [0.2, 0.25) is 0 Å². The Hall–Kier alpha value is -5.29. The van der Waals surface area contributed by atoms with Crippen LogP contribution in [-0.4, -0.2) is 45.1 Å². The first-order valence-corrected chi connectivity index (χ1v) is 16.0. The molecule has 0 saturated heterocycles. The van der Waals surface area contributed by atoms with Gasteiger partial charge in [0.2, 0.25) is 11.8 Å². The molecule has 2 unspecified atom stereocenters. The van der Waals surface area contributed by atoms with Crippen LogP contribution >= 0.6 is 0 Å². The Morgan fingerprint density at radius 3 is 1.40 bits per heavy atom. The summed E-state index contributed by atoms with van der Waals surface area (Å²) >= 11 is 0. The molecule has 11 heteroatoms. The molecule has 0 radical (unpaired) electrons. The van der Waals surface area contributed by atoms with Crippen molar-refractivity contribution in [2.24, 2.45) is 0 Å². The summed E-state index contributed by atoms with van der Waals surface area (Å²) in [5.41, 5.74) is 0.498. The Morgan fingerprint density at radius 2 is 1.02 bits per heavy atom. The van der Waals surface area contributed by atoms with Gasteiger partial charge in [0.25, 0.3) is 5.91 Å². The van der Waals surface area contributed by atoms with Gasteiger partial charge in [-0.3, -0.25) is 28.9 Å². The molecule has 0 spiro atoms. The van der Waals surface area contributed by atoms with Gasteiger partial charge in [-0.25, -0.2) is 22.5 Å². The van der Waals surface area contributed by atoms with Crippen LogP contribution in [0, 0.1) is 23.3 Å². The molecule has 50 heavy (non-hydrogen) atoms. The van der Waals surface area contributed by atoms with E-state index in [4.69, 9.17) is 0 Å². The zero-order chi connectivity index (χ0) is 36.5. The van der Waals surface area contributed by atoms with E-state index >= 15 is 0 Å². The number of benzene rings is 4. The lowest BCUT2D eigenvalue weighted by atomic mass is 9.91. The number of nitrogens with zero attached hydrogens (tertiary/aromatic N) is 2. The number of hydrogen-bond acceptors (Lipinski definition) is 6. The highest BCUT2D eigenvalue weighted by molar-refractivity contribution is 6.13. The van der Waals surface area contributed by atoms with Crippen molar-refractivity contribution in [2.45, 2.75) is 64.6 Å². The lowest BCUT2D eigenvalue weighted by Gasteiger charge is -2.41. The van der Waals surface area contributed by atoms with E-state index in [2.05, 4.69) is 0 Å². The van der Waals surface area contributed by atoms with Gasteiger partial charge in [-0.15, -0.1) is 0 Å². The lowest BCUT2D eigenvalue weighted by Crippen LogP contribution is -2.55. The van der Waals surface area contributed by atoms with Crippen LogP contribution in [-0.2, 0) is 36.8 Å². The van der Waals surface area contributed by atoms with Gasteiger partial charge < -0.3 is 0 Å². The molecular weight excluding hydrogens is 652 g/mol. The number of carbonyl (C=O) groups is 5. The van der Waals surface area contributed by atoms with Crippen LogP contribution in [0.3, 0.4) is 0 Å². The smallest absolute Gasteiger partial charge is 0.253 e. The average molecular weight is 689 g/mol. The van der Waals surface area contributed by atoms with Crippen LogP contribution < -0.4 is 0 Å². The number of carbonyl (C=O) groups excluding carboxylic acids is 5. The summed E-state index contributed by atoms with van der Waals surface area (Å²) in [5, 5.41) is 0. The highest BCUT2D eigenvalue weighted by Gasteiger charge is 2.44. The molecule has 0 aliphatic rings. The average Bonchev–Trinajstić information content (AvgIpc) is 3.04. The largest absolute Gasteiger partial charge is 0.298 e. The van der Waals surface area contributed by atoms with Gasteiger partial charge in [0.15, 0.2) is 11.6 Å². The Morgan fingerprint density at radius 1 is 0.620 bits per heavy atom. The topological polar surface area (TPSA) is 91.8 Å². The molecule has 0 aromatic heterocycles. The Bertz CT molecular complexity index is 1760. The van der Waals surface area contributed by atoms with Crippen LogP contribution in [0.15, 0.2) is 97.1 Å². The first kappa shape index (κ1) is 37.5. The van der Waals surface area contributed by atoms with Crippen molar-refractivity contribution in [2.75, 3.05) is 0 Å². The molecule has 4 aromatic rings. The van der Waals surface area contributed by atoms with Gasteiger partial charge in [-0.2, -0.15) is 0 Å². The molecule has 0 aliphatic carbocycles. The quantitative estimate of drug-likeness (QED) is 0.132. The number of hydrogen-bond donors (Lipinski definition) is 0. The van der Waals surface area contributed by atoms with E-state index in [1.807, 2.05) is 0 Å². The Kier molecular flexibility index (Phi) is 12.7. The van der Waals surface area contributed by atoms with Crippen molar-refractivity contribution in [1.82, 2.24) is 9.80 Å². The Labute approximate surface area is 287 Å². The van der Waals surface area contributed by atoms with Gasteiger partial charge in [0.1, 0.15) is 23.3 Å². The fourth-order valence-electron chi connectivity index (χ4n) is 6.02. The van der Waals surface area contributed by atoms with Crippen LogP contribution in [0.25, 0.3) is 0 Å². The monoisotopic (exact) mass is 688 g/mol. The highest BCUT2D eigenvalue weighted by Crippen LogP contribution is 2.36. The van der Waals surface area contributed by atoms with Crippen molar-refractivity contribution in [1.29, 1.82) is 0 Å². The summed E-state index contributed by atoms with van der Waals surface area (Å²) in [6, 6.07) is 17.5. The molecule has 3 atom stereocenters. The normalized spacial score (nSPS) is 13.0. The van der Waals surface area contributed by atoms with Crippen molar-refractivity contribution >= 4 is 29.3 Å². The fourth-order valence-corrected chi connectivity index (χ4v) is 6.02. The number of Topliss-reactive ketones (excluding diaryl/α,β-unsaturated/α-hetero) is 2. The van der Waals surface area contributed by atoms with Crippen molar-refractivity contribution in [3.63, 3.8) is 0 Å². The van der Waals surface area contributed by atoms with Crippen molar-refractivity contribution in [3.05, 3.63) is 143 Å². The predicted octanol–water partition coefficient (Wildman–Crippen LogP) is 7.04. The molecule has 0 aliphatic heterocycles. The SMILES string of the molecule is CCCC(=O)C(c1ccccc1)N(C(C(C)=O)c1ccccc1)[C@@H](C)C(=O)N(C(=O)Cc1cc(F)cc(F)c1)C(=O)Cc1cc(F)cc(F)c1. The van der Waals surface area contributed by atoms with Crippen LogP contribution in [0.4, 0.5) is 17.6 Å². The highest BCUT2D eigenvalue weighted by atomic mass is 19.1. The molecular formula is C39H36F4N2O5. The molecule has 7 nitrogen and oxygen atoms in total. The minimum Gasteiger partial charge on any atom is -0.298 e. The second-order valence-corrected chi connectivity index (χ2v) is 11.9. The molecule has 0 fully saturated rings. The predicted molar refractivity (Wildman–Crippen MR) is 177 cm³/mol. The van der Waals surface area contributed by atoms with E-state index in [0.29, 0.717) is 29.7 Å². The molecule has 0 saturated carbocycles. The molecule has 4 aromatic carbocycles. The third-order valence-electron chi connectivity index (χ3n) is 8.09. The standard InChI is InChI=1S/C39H36F4N2O5/c1-4-11-34(47)38(29-14-9-6-10-15-29)44(37(25(3)46)28-12-7-5-8-13-28)24(2)39(50)45(35(48)20-26-16-30(40)22-31(41)17-26)36(49)21-27-18-32(42)23-33(43)19-27/h5-10,12-19,22-24,37-38H,4,11,20-21H2,1-3H3/t24-,37?,38?/m0/s1. The third-order valence-corrected chi connectivity index (χ3v) is 8.09. The Balaban J connectivity index is 1.88. The fraction of sp³-hybridized carbons (Fsp3) is 0.256. The minimum atomic E-state index is -1.53. The van der Waals surface area contributed by atoms with E-state index in [0.717, 1.165) is 24.3 Å². The van der Waals surface area contributed by atoms with Crippen LogP contribution in [0.5, 0.6) is 0 Å². The number of ketones is 2. The summed E-state index contributed by atoms with van der Waals surface area (Å²) in [7, 11) is 0. The van der Waals surface area contributed by atoms with Gasteiger partial charge in [-0.05, 0) is 66.8 Å². The zero-order valence-corrected chi connectivity index (χ0v) is 27.7. The van der Waals surface area contributed by atoms with Gasteiger partial charge >= 0.3 is 0 Å². The maximum absolute atomic E-state index is 14.6. The number of halogens is 4. The summed E-state index contributed by atoms with van der Waals surface area (Å²) in [6.45, 7) is 4.43. The second-order valence-electron chi connectivity index (χ2n) is 11.9. The maximum atomic E-state index is 14.6. The summed E-state index contributed by atoms with van der Waals surface area (Å²) in [4.78, 5) is 71.4. The van der Waals surface area contributed by atoms with Crippen LogP contribution in [0.1, 0.15) is 68.0 Å². The zero-order valence-electron chi connectivity index (χ0n) is 27.7. The number of amides is 3. The van der Waals surface area contributed by atoms with E-state index in [1.54, 1.807) is 67.6 Å². The molecule has 0 heterocycles. The van der Waals surface area contributed by atoms with E-state index in [1.165, 1.54) is 18.7 Å². The molecule has 260 valence electrons. The van der Waals surface area contributed by atoms with E-state index in [9.17, 15) is 41.5 Å². The van der Waals surface area contributed by atoms with Crippen molar-refractivity contribution < 1.29 is 41.5 Å². The van der Waals surface area contributed by atoms with E-state index in [-0.39, 0.29) is 28.2 Å². The lowest BCUT2D eigenvalue weighted by molar-refractivity contribution is -0.157. The summed E-state index contributed by atoms with van der Waals surface area (Å²) in [6.07, 6.45) is -1.11. The number of imide groups is 3. The molecule has 0 N–H and O–H groups in total. The third kappa shape index (κ3) is 9.23. The molecule has 4 rings (SSSR count). The van der Waals surface area contributed by atoms with Gasteiger partial charge in [0.05, 0.1) is 31.0 Å². The van der Waals surface area contributed by atoms with Gasteiger partial charge in [-0.1, -0.05) is 67.6 Å². The summed E-state index contributed by atoms with van der Waals surface area (Å²) in [5.74, 6) is -8.34. The summed E-state index contributed by atoms with van der Waals surface area (Å²) < 4.78 is 56.3. The first-order valence-electron chi connectivity index (χ1n) is 16.0. The van der Waals surface area contributed by atoms with Crippen molar-refractivity contribution in [3.8, 4) is 0 Å². The molecule has 3 amide bonds. The maximum Gasteiger partial charge on any atom is 0.253 e.